The van der Waals surface area contributed by atoms with Gasteiger partial charge >= 0.3 is 0 Å². The Balaban J connectivity index is 1.64. The zero-order valence-electron chi connectivity index (χ0n) is 17.7. The van der Waals surface area contributed by atoms with Crippen molar-refractivity contribution in [2.24, 2.45) is 5.73 Å². The molecule has 2 fully saturated rings. The van der Waals surface area contributed by atoms with Crippen LogP contribution in [0.3, 0.4) is 0 Å². The van der Waals surface area contributed by atoms with Gasteiger partial charge in [-0.05, 0) is 35.4 Å². The molecule has 0 radical (unpaired) electrons. The summed E-state index contributed by atoms with van der Waals surface area (Å²) in [5.41, 5.74) is 7.44. The Morgan fingerprint density at radius 1 is 1.16 bits per heavy atom. The second kappa shape index (κ2) is 8.84. The monoisotopic (exact) mass is 434 g/mol. The summed E-state index contributed by atoms with van der Waals surface area (Å²) in [6, 6.07) is 12.9. The van der Waals surface area contributed by atoms with Crippen molar-refractivity contribution in [2.75, 3.05) is 19.6 Å². The standard InChI is InChI=1S/C24H26N4O4/c1-2-10-26-15-22(30)28-20(12-16-6-8-19(29)9-7-16)24(32)27(14-21(26)28)13-17-4-3-5-18(11-17)23(25)31/h2-9,11,20-21,29H,1,10,12-15H2,(H2,25,31)/t20-,21+/m0/s1. The first kappa shape index (κ1) is 21.6. The Kier molecular flexibility index (Phi) is 5.96. The average molecular weight is 434 g/mol. The van der Waals surface area contributed by atoms with E-state index in [9.17, 15) is 19.5 Å². The number of hydrogen-bond acceptors (Lipinski definition) is 5. The molecule has 2 aliphatic heterocycles. The first-order chi connectivity index (χ1) is 15.4. The van der Waals surface area contributed by atoms with Crippen LogP contribution in [-0.4, -0.2) is 69.4 Å². The van der Waals surface area contributed by atoms with Crippen molar-refractivity contribution in [2.45, 2.75) is 25.2 Å². The van der Waals surface area contributed by atoms with E-state index in [2.05, 4.69) is 6.58 Å². The molecular formula is C24H26N4O4. The van der Waals surface area contributed by atoms with E-state index in [1.807, 2.05) is 11.0 Å². The molecule has 0 bridgehead atoms. The molecule has 166 valence electrons. The third kappa shape index (κ3) is 4.22. The molecule has 8 heteroatoms. The normalized spacial score (nSPS) is 21.0. The van der Waals surface area contributed by atoms with Crippen molar-refractivity contribution >= 4 is 17.7 Å². The second-order valence-electron chi connectivity index (χ2n) is 8.17. The summed E-state index contributed by atoms with van der Waals surface area (Å²) in [6.07, 6.45) is 1.85. The maximum atomic E-state index is 13.5. The van der Waals surface area contributed by atoms with Crippen molar-refractivity contribution in [1.29, 1.82) is 0 Å². The largest absolute Gasteiger partial charge is 0.508 e. The summed E-state index contributed by atoms with van der Waals surface area (Å²) < 4.78 is 0. The molecule has 2 aromatic carbocycles. The number of primary amides is 1. The van der Waals surface area contributed by atoms with Crippen LogP contribution in [0.1, 0.15) is 21.5 Å². The van der Waals surface area contributed by atoms with Crippen LogP contribution in [0.25, 0.3) is 0 Å². The lowest BCUT2D eigenvalue weighted by molar-refractivity contribution is -0.154. The Morgan fingerprint density at radius 3 is 2.59 bits per heavy atom. The molecule has 2 aromatic rings. The highest BCUT2D eigenvalue weighted by Crippen LogP contribution is 2.29. The Bertz CT molecular complexity index is 1050. The van der Waals surface area contributed by atoms with Gasteiger partial charge < -0.3 is 20.6 Å². The molecule has 2 atom stereocenters. The van der Waals surface area contributed by atoms with Gasteiger partial charge in [0.2, 0.25) is 17.7 Å². The zero-order chi connectivity index (χ0) is 22.8. The van der Waals surface area contributed by atoms with E-state index in [1.165, 1.54) is 0 Å². The molecule has 0 spiro atoms. The topological polar surface area (TPSA) is 107 Å². The van der Waals surface area contributed by atoms with Crippen LogP contribution >= 0.6 is 0 Å². The fraction of sp³-hybridized carbons (Fsp3) is 0.292. The van der Waals surface area contributed by atoms with E-state index in [-0.39, 0.29) is 30.3 Å². The van der Waals surface area contributed by atoms with Crippen LogP contribution in [0.5, 0.6) is 5.75 Å². The van der Waals surface area contributed by atoms with Gasteiger partial charge in [-0.2, -0.15) is 0 Å². The number of carbonyl (C=O) groups excluding carboxylic acids is 3. The molecule has 8 nitrogen and oxygen atoms in total. The van der Waals surface area contributed by atoms with Crippen molar-refractivity contribution < 1.29 is 19.5 Å². The lowest BCUT2D eigenvalue weighted by Gasteiger charge is -2.44. The van der Waals surface area contributed by atoms with Gasteiger partial charge in [0.15, 0.2) is 0 Å². The van der Waals surface area contributed by atoms with E-state index in [0.29, 0.717) is 31.6 Å². The molecule has 32 heavy (non-hydrogen) atoms. The number of rotatable bonds is 7. The number of nitrogens with zero attached hydrogens (tertiary/aromatic N) is 3. The maximum absolute atomic E-state index is 13.5. The molecule has 2 aliphatic rings. The number of benzene rings is 2. The van der Waals surface area contributed by atoms with Crippen molar-refractivity contribution in [1.82, 2.24) is 14.7 Å². The fourth-order valence-corrected chi connectivity index (χ4v) is 4.48. The third-order valence-electron chi connectivity index (χ3n) is 6.00. The van der Waals surface area contributed by atoms with Crippen molar-refractivity contribution in [3.63, 3.8) is 0 Å². The minimum atomic E-state index is -0.653. The minimum absolute atomic E-state index is 0.0793. The van der Waals surface area contributed by atoms with Crippen molar-refractivity contribution in [3.05, 3.63) is 77.9 Å². The molecule has 3 N–H and O–H groups in total. The molecule has 3 amide bonds. The number of amides is 3. The lowest BCUT2D eigenvalue weighted by atomic mass is 9.99. The van der Waals surface area contributed by atoms with Crippen LogP contribution in [0, 0.1) is 0 Å². The predicted molar refractivity (Wildman–Crippen MR) is 118 cm³/mol. The number of nitrogens with two attached hydrogens (primary N) is 1. The number of piperazine rings is 1. The third-order valence-corrected chi connectivity index (χ3v) is 6.00. The van der Waals surface area contributed by atoms with Crippen LogP contribution in [-0.2, 0) is 22.6 Å². The number of phenols is 1. The molecule has 0 aromatic heterocycles. The van der Waals surface area contributed by atoms with E-state index in [4.69, 9.17) is 5.73 Å². The van der Waals surface area contributed by atoms with Gasteiger partial charge in [0.05, 0.1) is 13.1 Å². The molecular weight excluding hydrogens is 408 g/mol. The summed E-state index contributed by atoms with van der Waals surface area (Å²) in [4.78, 5) is 43.4. The Hall–Kier alpha value is -3.65. The number of hydrogen-bond donors (Lipinski definition) is 2. The summed E-state index contributed by atoms with van der Waals surface area (Å²) in [6.45, 7) is 5.25. The molecule has 0 aliphatic carbocycles. The van der Waals surface area contributed by atoms with Crippen LogP contribution in [0.4, 0.5) is 0 Å². The van der Waals surface area contributed by atoms with Crippen LogP contribution in [0.2, 0.25) is 0 Å². The smallest absolute Gasteiger partial charge is 0.248 e. The highest BCUT2D eigenvalue weighted by molar-refractivity contribution is 5.93. The Morgan fingerprint density at radius 2 is 1.91 bits per heavy atom. The predicted octanol–water partition coefficient (Wildman–Crippen LogP) is 1.10. The van der Waals surface area contributed by atoms with Gasteiger partial charge in [-0.15, -0.1) is 6.58 Å². The van der Waals surface area contributed by atoms with Gasteiger partial charge in [0, 0.05) is 25.1 Å². The van der Waals surface area contributed by atoms with E-state index < -0.39 is 11.9 Å². The lowest BCUT2D eigenvalue weighted by Crippen LogP contribution is -2.63. The zero-order valence-corrected chi connectivity index (χ0v) is 17.7. The average Bonchev–Trinajstić information content (AvgIpc) is 3.07. The summed E-state index contributed by atoms with van der Waals surface area (Å²) in [7, 11) is 0. The van der Waals surface area contributed by atoms with Gasteiger partial charge in [-0.3, -0.25) is 19.3 Å². The van der Waals surface area contributed by atoms with Crippen molar-refractivity contribution in [3.8, 4) is 5.75 Å². The summed E-state index contributed by atoms with van der Waals surface area (Å²) in [5.74, 6) is -0.601. The molecule has 2 heterocycles. The van der Waals surface area contributed by atoms with E-state index in [1.54, 1.807) is 58.3 Å². The van der Waals surface area contributed by atoms with Crippen LogP contribution < -0.4 is 5.73 Å². The number of fused-ring (bicyclic) bond motifs is 1. The number of phenolic OH excluding ortho intramolecular Hbond substituents is 1. The quantitative estimate of drug-likeness (QED) is 0.635. The maximum Gasteiger partial charge on any atom is 0.248 e. The van der Waals surface area contributed by atoms with Gasteiger partial charge in [-0.1, -0.05) is 30.3 Å². The SMILES string of the molecule is C=CCN1CC(=O)N2[C@@H]1CN(Cc1cccc(C(N)=O)c1)C(=O)[C@@H]2Cc1ccc(O)cc1. The second-order valence-corrected chi connectivity index (χ2v) is 8.17. The van der Waals surface area contributed by atoms with Gasteiger partial charge in [0.1, 0.15) is 18.0 Å². The highest BCUT2D eigenvalue weighted by Gasteiger charge is 2.49. The van der Waals surface area contributed by atoms with E-state index >= 15 is 0 Å². The molecule has 0 unspecified atom stereocenters. The van der Waals surface area contributed by atoms with E-state index in [0.717, 1.165) is 11.1 Å². The summed E-state index contributed by atoms with van der Waals surface area (Å²) in [5, 5.41) is 9.58. The minimum Gasteiger partial charge on any atom is -0.508 e. The Labute approximate surface area is 186 Å². The molecule has 0 saturated carbocycles. The molecule has 2 saturated heterocycles. The highest BCUT2D eigenvalue weighted by atomic mass is 16.3. The first-order valence-corrected chi connectivity index (χ1v) is 10.5. The number of carbonyl (C=O) groups is 3. The number of aromatic hydroxyl groups is 1. The van der Waals surface area contributed by atoms with Gasteiger partial charge in [-0.25, -0.2) is 0 Å². The summed E-state index contributed by atoms with van der Waals surface area (Å²) >= 11 is 0. The molecule has 4 rings (SSSR count). The fourth-order valence-electron chi connectivity index (χ4n) is 4.48. The first-order valence-electron chi connectivity index (χ1n) is 10.5. The van der Waals surface area contributed by atoms with Crippen LogP contribution in [0.15, 0.2) is 61.2 Å². The van der Waals surface area contributed by atoms with Gasteiger partial charge in [0.25, 0.3) is 0 Å².